The summed E-state index contributed by atoms with van der Waals surface area (Å²) in [6.07, 6.45) is 3.09. The van der Waals surface area contributed by atoms with Crippen molar-refractivity contribution < 1.29 is 4.74 Å². The minimum atomic E-state index is 0.176. The van der Waals surface area contributed by atoms with Crippen molar-refractivity contribution in [2.75, 3.05) is 32.7 Å². The highest BCUT2D eigenvalue weighted by Gasteiger charge is 2.38. The van der Waals surface area contributed by atoms with Crippen molar-refractivity contribution >= 4 is 0 Å². The van der Waals surface area contributed by atoms with Crippen molar-refractivity contribution in [3.63, 3.8) is 0 Å². The second-order valence-electron chi connectivity index (χ2n) is 8.51. The van der Waals surface area contributed by atoms with Crippen LogP contribution in [-0.2, 0) is 4.74 Å². The summed E-state index contributed by atoms with van der Waals surface area (Å²) in [6, 6.07) is 11.5. The summed E-state index contributed by atoms with van der Waals surface area (Å²) >= 11 is 0. The molecular weight excluding hydrogens is 296 g/mol. The Bertz CT molecular complexity index is 502. The molecule has 3 rings (SSSR count). The number of hydrogen-bond donors (Lipinski definition) is 0. The SMILES string of the molecule is CCN1CCC(N2C[C@@H](c3ccccc3)O[C@@H](C(C)(C)C)C2)CC1. The highest BCUT2D eigenvalue weighted by molar-refractivity contribution is 5.19. The molecule has 0 unspecified atom stereocenters. The van der Waals surface area contributed by atoms with E-state index >= 15 is 0 Å². The molecule has 0 spiro atoms. The van der Waals surface area contributed by atoms with Gasteiger partial charge in [0.15, 0.2) is 0 Å². The van der Waals surface area contributed by atoms with Crippen molar-refractivity contribution in [2.45, 2.75) is 58.8 Å². The summed E-state index contributed by atoms with van der Waals surface area (Å²) < 4.78 is 6.55. The molecule has 0 amide bonds. The van der Waals surface area contributed by atoms with Crippen LogP contribution in [0.4, 0.5) is 0 Å². The molecule has 0 bridgehead atoms. The lowest BCUT2D eigenvalue weighted by Gasteiger charge is -2.48. The molecule has 134 valence electrons. The summed E-state index contributed by atoms with van der Waals surface area (Å²) in [7, 11) is 0. The van der Waals surface area contributed by atoms with Crippen LogP contribution in [0.25, 0.3) is 0 Å². The second kappa shape index (κ2) is 7.55. The number of nitrogens with zero attached hydrogens (tertiary/aromatic N) is 2. The molecule has 2 heterocycles. The Kier molecular flexibility index (Phi) is 5.63. The summed E-state index contributed by atoms with van der Waals surface area (Å²) in [5.74, 6) is 0. The number of hydrogen-bond acceptors (Lipinski definition) is 3. The van der Waals surface area contributed by atoms with Gasteiger partial charge in [-0.2, -0.15) is 0 Å². The highest BCUT2D eigenvalue weighted by Crippen LogP contribution is 2.35. The van der Waals surface area contributed by atoms with Gasteiger partial charge in [-0.05, 0) is 43.5 Å². The number of ether oxygens (including phenoxy) is 1. The average Bonchev–Trinajstić information content (AvgIpc) is 2.61. The largest absolute Gasteiger partial charge is 0.367 e. The van der Waals surface area contributed by atoms with E-state index in [2.05, 4.69) is 67.8 Å². The zero-order valence-electron chi connectivity index (χ0n) is 15.9. The molecule has 0 aliphatic carbocycles. The van der Waals surface area contributed by atoms with Crippen LogP contribution >= 0.6 is 0 Å². The fraction of sp³-hybridized carbons (Fsp3) is 0.714. The lowest BCUT2D eigenvalue weighted by atomic mass is 9.86. The van der Waals surface area contributed by atoms with Gasteiger partial charge in [0.25, 0.3) is 0 Å². The summed E-state index contributed by atoms with van der Waals surface area (Å²) in [5.41, 5.74) is 1.50. The lowest BCUT2D eigenvalue weighted by molar-refractivity contribution is -0.141. The van der Waals surface area contributed by atoms with Gasteiger partial charge in [0.1, 0.15) is 0 Å². The molecule has 2 saturated heterocycles. The Morgan fingerprint density at radius 3 is 2.29 bits per heavy atom. The molecule has 3 heteroatoms. The van der Waals surface area contributed by atoms with Crippen molar-refractivity contribution in [1.82, 2.24) is 9.80 Å². The Hall–Kier alpha value is -0.900. The number of piperidine rings is 1. The maximum absolute atomic E-state index is 6.55. The molecular formula is C21H34N2O. The molecule has 2 aliphatic rings. The van der Waals surface area contributed by atoms with E-state index in [0.29, 0.717) is 12.1 Å². The van der Waals surface area contributed by atoms with Crippen LogP contribution in [0.5, 0.6) is 0 Å². The van der Waals surface area contributed by atoms with E-state index in [1.54, 1.807) is 0 Å². The van der Waals surface area contributed by atoms with E-state index < -0.39 is 0 Å². The second-order valence-corrected chi connectivity index (χ2v) is 8.51. The molecule has 2 fully saturated rings. The molecule has 1 aromatic carbocycles. The van der Waals surface area contributed by atoms with Gasteiger partial charge in [0.05, 0.1) is 12.2 Å². The van der Waals surface area contributed by atoms with E-state index in [9.17, 15) is 0 Å². The molecule has 2 atom stereocenters. The van der Waals surface area contributed by atoms with Gasteiger partial charge in [-0.1, -0.05) is 58.0 Å². The first-order chi connectivity index (χ1) is 11.5. The zero-order valence-corrected chi connectivity index (χ0v) is 15.9. The van der Waals surface area contributed by atoms with Crippen molar-refractivity contribution in [3.8, 4) is 0 Å². The monoisotopic (exact) mass is 330 g/mol. The van der Waals surface area contributed by atoms with Crippen LogP contribution in [0.3, 0.4) is 0 Å². The third-order valence-electron chi connectivity index (χ3n) is 5.79. The number of likely N-dealkylation sites (tertiary alicyclic amines) is 1. The first kappa shape index (κ1) is 17.9. The fourth-order valence-corrected chi connectivity index (χ4v) is 4.01. The minimum Gasteiger partial charge on any atom is -0.367 e. The molecule has 0 radical (unpaired) electrons. The number of benzene rings is 1. The Morgan fingerprint density at radius 1 is 1.04 bits per heavy atom. The Balaban J connectivity index is 1.74. The summed E-state index contributed by atoms with van der Waals surface area (Å²) in [6.45, 7) is 15.0. The average molecular weight is 331 g/mol. The standard InChI is InChI=1S/C21H34N2O/c1-5-22-13-11-18(12-14-22)23-15-19(17-9-7-6-8-10-17)24-20(16-23)21(2,3)4/h6-10,18-20H,5,11-16H2,1-4H3/t19-,20+/m0/s1. The smallest absolute Gasteiger partial charge is 0.0956 e. The predicted octanol–water partition coefficient (Wildman–Crippen LogP) is 3.96. The van der Waals surface area contributed by atoms with Crippen LogP contribution in [0, 0.1) is 5.41 Å². The fourth-order valence-electron chi connectivity index (χ4n) is 4.01. The van der Waals surface area contributed by atoms with Gasteiger partial charge < -0.3 is 9.64 Å². The van der Waals surface area contributed by atoms with Crippen LogP contribution in [0.1, 0.15) is 52.2 Å². The maximum Gasteiger partial charge on any atom is 0.0956 e. The van der Waals surface area contributed by atoms with E-state index in [1.807, 2.05) is 0 Å². The van der Waals surface area contributed by atoms with Crippen LogP contribution in [0.2, 0.25) is 0 Å². The number of morpholine rings is 1. The van der Waals surface area contributed by atoms with Crippen molar-refractivity contribution in [1.29, 1.82) is 0 Å². The van der Waals surface area contributed by atoms with Crippen LogP contribution in [-0.4, -0.2) is 54.7 Å². The van der Waals surface area contributed by atoms with Crippen molar-refractivity contribution in [2.24, 2.45) is 5.41 Å². The molecule has 0 saturated carbocycles. The predicted molar refractivity (Wildman–Crippen MR) is 100 cm³/mol. The molecule has 2 aliphatic heterocycles. The maximum atomic E-state index is 6.55. The van der Waals surface area contributed by atoms with Gasteiger partial charge in [-0.25, -0.2) is 0 Å². The third-order valence-corrected chi connectivity index (χ3v) is 5.79. The molecule has 0 aromatic heterocycles. The molecule has 1 aromatic rings. The topological polar surface area (TPSA) is 15.7 Å². The van der Waals surface area contributed by atoms with E-state index in [0.717, 1.165) is 13.1 Å². The lowest BCUT2D eigenvalue weighted by Crippen LogP contribution is -2.54. The first-order valence-corrected chi connectivity index (χ1v) is 9.64. The van der Waals surface area contributed by atoms with Gasteiger partial charge in [-0.15, -0.1) is 0 Å². The first-order valence-electron chi connectivity index (χ1n) is 9.64. The third kappa shape index (κ3) is 4.19. The number of rotatable bonds is 3. The van der Waals surface area contributed by atoms with E-state index in [-0.39, 0.29) is 11.5 Å². The normalized spacial score (nSPS) is 28.2. The van der Waals surface area contributed by atoms with Gasteiger partial charge in [0.2, 0.25) is 0 Å². The highest BCUT2D eigenvalue weighted by atomic mass is 16.5. The molecule has 3 nitrogen and oxygen atoms in total. The van der Waals surface area contributed by atoms with E-state index in [4.69, 9.17) is 4.74 Å². The van der Waals surface area contributed by atoms with Gasteiger partial charge in [-0.3, -0.25) is 4.90 Å². The minimum absolute atomic E-state index is 0.176. The van der Waals surface area contributed by atoms with Gasteiger partial charge in [0, 0.05) is 19.1 Å². The van der Waals surface area contributed by atoms with Crippen LogP contribution in [0.15, 0.2) is 30.3 Å². The summed E-state index contributed by atoms with van der Waals surface area (Å²) in [5, 5.41) is 0. The van der Waals surface area contributed by atoms with Gasteiger partial charge >= 0.3 is 0 Å². The van der Waals surface area contributed by atoms with Crippen LogP contribution < -0.4 is 0 Å². The van der Waals surface area contributed by atoms with E-state index in [1.165, 1.54) is 38.0 Å². The molecule has 0 N–H and O–H groups in total. The van der Waals surface area contributed by atoms with Crippen molar-refractivity contribution in [3.05, 3.63) is 35.9 Å². The Morgan fingerprint density at radius 2 is 1.71 bits per heavy atom. The zero-order chi connectivity index (χ0) is 17.2. The quantitative estimate of drug-likeness (QED) is 0.834. The molecule has 24 heavy (non-hydrogen) atoms. The Labute approximate surface area is 148 Å². The summed E-state index contributed by atoms with van der Waals surface area (Å²) in [4.78, 5) is 5.30.